The molecular weight excluding hydrogens is 284 g/mol. The molecule has 2 rings (SSSR count). The van der Waals surface area contributed by atoms with Crippen LogP contribution in [0.25, 0.3) is 0 Å². The summed E-state index contributed by atoms with van der Waals surface area (Å²) in [5.74, 6) is 0. The van der Waals surface area contributed by atoms with Crippen molar-refractivity contribution in [2.75, 3.05) is 10.8 Å². The fourth-order valence-corrected chi connectivity index (χ4v) is 3.58. The summed E-state index contributed by atoms with van der Waals surface area (Å²) >= 11 is 0. The Hall–Kier alpha value is -1.88. The molecule has 0 unspecified atom stereocenters. The predicted molar refractivity (Wildman–Crippen MR) is 84.7 cm³/mol. The number of hydrogen-bond donors (Lipinski definition) is 0. The lowest BCUT2D eigenvalue weighted by Gasteiger charge is -2.30. The zero-order valence-corrected chi connectivity index (χ0v) is 13.3. The molecular formula is C16H20N2O2S. The third-order valence-electron chi connectivity index (χ3n) is 2.85. The second kappa shape index (κ2) is 5.85. The van der Waals surface area contributed by atoms with E-state index in [1.165, 1.54) is 16.6 Å². The van der Waals surface area contributed by atoms with Crippen LogP contribution in [-0.4, -0.2) is 19.9 Å². The van der Waals surface area contributed by atoms with Gasteiger partial charge in [0.25, 0.3) is 10.0 Å². The molecule has 0 aliphatic heterocycles. The number of pyridine rings is 1. The Bertz CT molecular complexity index is 677. The van der Waals surface area contributed by atoms with E-state index < -0.39 is 10.0 Å². The minimum atomic E-state index is -3.67. The van der Waals surface area contributed by atoms with Gasteiger partial charge in [0.2, 0.25) is 0 Å². The number of aromatic nitrogens is 1. The van der Waals surface area contributed by atoms with Gasteiger partial charge in [-0.25, -0.2) is 4.98 Å². The number of anilines is 1. The molecule has 0 spiro atoms. The van der Waals surface area contributed by atoms with Crippen molar-refractivity contribution in [3.8, 4) is 0 Å². The topological polar surface area (TPSA) is 50.3 Å². The van der Waals surface area contributed by atoms with Gasteiger partial charge >= 0.3 is 0 Å². The fraction of sp³-hybridized carbons (Fsp3) is 0.312. The van der Waals surface area contributed by atoms with Crippen LogP contribution in [-0.2, 0) is 10.0 Å². The number of rotatable bonds is 4. The number of benzene rings is 1. The quantitative estimate of drug-likeness (QED) is 0.870. The van der Waals surface area contributed by atoms with E-state index in [0.717, 1.165) is 0 Å². The Labute approximate surface area is 126 Å². The van der Waals surface area contributed by atoms with E-state index in [0.29, 0.717) is 12.2 Å². The maximum absolute atomic E-state index is 12.9. The highest BCUT2D eigenvalue weighted by atomic mass is 32.2. The average molecular weight is 304 g/mol. The molecule has 0 saturated carbocycles. The number of nitrogens with zero attached hydrogens (tertiary/aromatic N) is 2. The lowest BCUT2D eigenvalue weighted by molar-refractivity contribution is 0.426. The summed E-state index contributed by atoms with van der Waals surface area (Å²) in [5, 5.41) is 0.0677. The highest BCUT2D eigenvalue weighted by Crippen LogP contribution is 2.27. The van der Waals surface area contributed by atoms with Gasteiger partial charge in [-0.3, -0.25) is 4.31 Å². The Kier molecular flexibility index (Phi) is 4.32. The molecule has 0 N–H and O–H groups in total. The van der Waals surface area contributed by atoms with Gasteiger partial charge in [-0.2, -0.15) is 8.42 Å². The minimum Gasteiger partial charge on any atom is -0.265 e. The first-order valence-corrected chi connectivity index (χ1v) is 8.23. The zero-order valence-electron chi connectivity index (χ0n) is 12.5. The van der Waals surface area contributed by atoms with Crippen LogP contribution < -0.4 is 4.31 Å². The van der Waals surface area contributed by atoms with Crippen molar-refractivity contribution in [1.82, 2.24) is 4.98 Å². The highest BCUT2D eigenvalue weighted by molar-refractivity contribution is 7.92. The van der Waals surface area contributed by atoms with Crippen molar-refractivity contribution in [3.63, 3.8) is 0 Å². The van der Waals surface area contributed by atoms with Crippen molar-refractivity contribution < 1.29 is 8.42 Å². The molecule has 112 valence electrons. The van der Waals surface area contributed by atoms with E-state index >= 15 is 0 Å². The maximum Gasteiger partial charge on any atom is 0.281 e. The highest BCUT2D eigenvalue weighted by Gasteiger charge is 2.29. The van der Waals surface area contributed by atoms with E-state index in [9.17, 15) is 8.42 Å². The van der Waals surface area contributed by atoms with E-state index in [1.54, 1.807) is 24.3 Å². The van der Waals surface area contributed by atoms with E-state index in [1.807, 2.05) is 39.0 Å². The van der Waals surface area contributed by atoms with Gasteiger partial charge in [-0.05, 0) is 29.7 Å². The Morgan fingerprint density at radius 2 is 1.62 bits per heavy atom. The maximum atomic E-state index is 12.9. The standard InChI is InChI=1S/C16H20N2O2S/c1-16(2,3)13-18(14-9-5-4-6-10-14)21(19,20)15-11-7-8-12-17-15/h4-12H,13H2,1-3H3. The second-order valence-corrected chi connectivity index (χ2v) is 7.89. The van der Waals surface area contributed by atoms with Crippen LogP contribution in [0.5, 0.6) is 0 Å². The van der Waals surface area contributed by atoms with Gasteiger partial charge in [0.15, 0.2) is 5.03 Å². The van der Waals surface area contributed by atoms with Crippen LogP contribution >= 0.6 is 0 Å². The van der Waals surface area contributed by atoms with E-state index in [2.05, 4.69) is 4.98 Å². The molecule has 1 heterocycles. The van der Waals surface area contributed by atoms with Gasteiger partial charge in [0.1, 0.15) is 0 Å². The molecule has 21 heavy (non-hydrogen) atoms. The summed E-state index contributed by atoms with van der Waals surface area (Å²) in [6, 6.07) is 14.0. The first-order chi connectivity index (χ1) is 9.81. The molecule has 2 aromatic rings. The minimum absolute atomic E-state index is 0.0677. The van der Waals surface area contributed by atoms with Crippen LogP contribution in [0, 0.1) is 5.41 Å². The second-order valence-electron chi connectivity index (χ2n) is 6.08. The van der Waals surface area contributed by atoms with Gasteiger partial charge in [-0.15, -0.1) is 0 Å². The summed E-state index contributed by atoms with van der Waals surface area (Å²) in [7, 11) is -3.67. The third-order valence-corrected chi connectivity index (χ3v) is 4.54. The van der Waals surface area contributed by atoms with Gasteiger partial charge in [0, 0.05) is 12.7 Å². The molecule has 0 saturated heterocycles. The average Bonchev–Trinajstić information content (AvgIpc) is 2.46. The summed E-state index contributed by atoms with van der Waals surface area (Å²) in [6.45, 7) is 6.42. The van der Waals surface area contributed by atoms with Crippen LogP contribution in [0.1, 0.15) is 20.8 Å². The number of sulfonamides is 1. The largest absolute Gasteiger partial charge is 0.281 e. The van der Waals surface area contributed by atoms with Crippen LogP contribution in [0.4, 0.5) is 5.69 Å². The fourth-order valence-electron chi connectivity index (χ4n) is 1.95. The first-order valence-electron chi connectivity index (χ1n) is 6.79. The molecule has 0 radical (unpaired) electrons. The van der Waals surface area contributed by atoms with Crippen molar-refractivity contribution in [2.45, 2.75) is 25.8 Å². The number of para-hydroxylation sites is 1. The van der Waals surface area contributed by atoms with Gasteiger partial charge in [0.05, 0.1) is 5.69 Å². The number of hydrogen-bond acceptors (Lipinski definition) is 3. The Morgan fingerprint density at radius 1 is 1.00 bits per heavy atom. The molecule has 0 fully saturated rings. The molecule has 0 amide bonds. The summed E-state index contributed by atoms with van der Waals surface area (Å²) < 4.78 is 27.2. The molecule has 0 aliphatic carbocycles. The molecule has 0 atom stereocenters. The monoisotopic (exact) mass is 304 g/mol. The lowest BCUT2D eigenvalue weighted by atomic mass is 9.97. The predicted octanol–water partition coefficient (Wildman–Crippen LogP) is 3.32. The van der Waals surface area contributed by atoms with E-state index in [-0.39, 0.29) is 10.4 Å². The van der Waals surface area contributed by atoms with Crippen LogP contribution in [0.2, 0.25) is 0 Å². The summed E-state index contributed by atoms with van der Waals surface area (Å²) in [4.78, 5) is 4.00. The Morgan fingerprint density at radius 3 is 2.14 bits per heavy atom. The SMILES string of the molecule is CC(C)(C)CN(c1ccccc1)S(=O)(=O)c1ccccn1. The molecule has 0 bridgehead atoms. The first kappa shape index (κ1) is 15.5. The van der Waals surface area contributed by atoms with Crippen molar-refractivity contribution in [2.24, 2.45) is 5.41 Å². The van der Waals surface area contributed by atoms with Gasteiger partial charge < -0.3 is 0 Å². The summed E-state index contributed by atoms with van der Waals surface area (Å²) in [5.41, 5.74) is 0.482. The lowest BCUT2D eigenvalue weighted by Crippen LogP contribution is -2.38. The van der Waals surface area contributed by atoms with Crippen LogP contribution in [0.15, 0.2) is 59.8 Å². The Balaban J connectivity index is 2.50. The third kappa shape index (κ3) is 3.82. The van der Waals surface area contributed by atoms with Gasteiger partial charge in [-0.1, -0.05) is 45.0 Å². The molecule has 4 nitrogen and oxygen atoms in total. The van der Waals surface area contributed by atoms with Crippen molar-refractivity contribution in [3.05, 3.63) is 54.7 Å². The smallest absolute Gasteiger partial charge is 0.265 e. The molecule has 1 aromatic carbocycles. The molecule has 5 heteroatoms. The summed E-state index contributed by atoms with van der Waals surface area (Å²) in [6.07, 6.45) is 1.49. The normalized spacial score (nSPS) is 12.1. The molecule has 1 aromatic heterocycles. The van der Waals surface area contributed by atoms with Crippen molar-refractivity contribution in [1.29, 1.82) is 0 Å². The zero-order chi connectivity index (χ0) is 15.5. The molecule has 0 aliphatic rings. The van der Waals surface area contributed by atoms with Crippen molar-refractivity contribution >= 4 is 15.7 Å². The van der Waals surface area contributed by atoms with E-state index in [4.69, 9.17) is 0 Å². The van der Waals surface area contributed by atoms with Crippen LogP contribution in [0.3, 0.4) is 0 Å².